The molecule has 0 saturated heterocycles. The summed E-state index contributed by atoms with van der Waals surface area (Å²) < 4.78 is 43.0. The second kappa shape index (κ2) is 8.44. The molecule has 9 heteroatoms. The van der Waals surface area contributed by atoms with E-state index >= 15 is 0 Å². The molecule has 2 aromatic rings. The summed E-state index contributed by atoms with van der Waals surface area (Å²) >= 11 is 6.07. The second-order valence-electron chi connectivity index (χ2n) is 5.75. The SMILES string of the molecule is Cc1nn(CCCNC(=O)c2cccc(OCC(F)(F)F)c2)c(C)c1Cl. The van der Waals surface area contributed by atoms with E-state index < -0.39 is 12.8 Å². The Morgan fingerprint density at radius 3 is 2.69 bits per heavy atom. The number of aromatic nitrogens is 2. The van der Waals surface area contributed by atoms with E-state index in [1.807, 2.05) is 13.8 Å². The van der Waals surface area contributed by atoms with Crippen LogP contribution in [0.25, 0.3) is 0 Å². The maximum Gasteiger partial charge on any atom is 0.422 e. The van der Waals surface area contributed by atoms with E-state index in [0.717, 1.165) is 11.4 Å². The molecule has 1 amide bonds. The molecule has 1 aromatic carbocycles. The second-order valence-corrected chi connectivity index (χ2v) is 6.13. The van der Waals surface area contributed by atoms with Gasteiger partial charge in [0.05, 0.1) is 16.4 Å². The molecule has 5 nitrogen and oxygen atoms in total. The van der Waals surface area contributed by atoms with E-state index in [9.17, 15) is 18.0 Å². The monoisotopic (exact) mass is 389 g/mol. The minimum atomic E-state index is -4.43. The molecular formula is C17H19ClF3N3O2. The molecule has 26 heavy (non-hydrogen) atoms. The molecule has 0 unspecified atom stereocenters. The predicted molar refractivity (Wildman–Crippen MR) is 91.7 cm³/mol. The standard InChI is InChI=1S/C17H19ClF3N3O2/c1-11-15(18)12(2)24(23-11)8-4-7-22-16(25)13-5-3-6-14(9-13)26-10-17(19,20)21/h3,5-6,9H,4,7-8,10H2,1-2H3,(H,22,25). The number of nitrogens with zero attached hydrogens (tertiary/aromatic N) is 2. The maximum atomic E-state index is 12.2. The van der Waals surface area contributed by atoms with Crippen LogP contribution in [0.3, 0.4) is 0 Å². The van der Waals surface area contributed by atoms with E-state index in [2.05, 4.69) is 15.2 Å². The Kier molecular flexibility index (Phi) is 6.52. The minimum Gasteiger partial charge on any atom is -0.484 e. The Labute approximate surface area is 154 Å². The van der Waals surface area contributed by atoms with Crippen molar-refractivity contribution in [3.63, 3.8) is 0 Å². The fourth-order valence-corrected chi connectivity index (χ4v) is 2.45. The van der Waals surface area contributed by atoms with Gasteiger partial charge in [0.15, 0.2) is 6.61 Å². The molecule has 0 aliphatic heterocycles. The lowest BCUT2D eigenvalue weighted by molar-refractivity contribution is -0.153. The lowest BCUT2D eigenvalue weighted by Gasteiger charge is -2.10. The number of halogens is 4. The highest BCUT2D eigenvalue weighted by atomic mass is 35.5. The average molecular weight is 390 g/mol. The summed E-state index contributed by atoms with van der Waals surface area (Å²) in [5.74, 6) is -0.388. The van der Waals surface area contributed by atoms with Gasteiger partial charge < -0.3 is 10.1 Å². The van der Waals surface area contributed by atoms with Gasteiger partial charge >= 0.3 is 6.18 Å². The smallest absolute Gasteiger partial charge is 0.422 e. The highest BCUT2D eigenvalue weighted by molar-refractivity contribution is 6.31. The van der Waals surface area contributed by atoms with Crippen molar-refractivity contribution in [1.29, 1.82) is 0 Å². The fourth-order valence-electron chi connectivity index (χ4n) is 2.32. The molecule has 1 aromatic heterocycles. The lowest BCUT2D eigenvalue weighted by Crippen LogP contribution is -2.25. The molecule has 0 saturated carbocycles. The number of carbonyl (C=O) groups excluding carboxylic acids is 1. The molecule has 0 fully saturated rings. The predicted octanol–water partition coefficient (Wildman–Crippen LogP) is 3.91. The largest absolute Gasteiger partial charge is 0.484 e. The highest BCUT2D eigenvalue weighted by Gasteiger charge is 2.28. The molecular weight excluding hydrogens is 371 g/mol. The van der Waals surface area contributed by atoms with E-state index in [1.54, 1.807) is 4.68 Å². The van der Waals surface area contributed by atoms with Crippen LogP contribution in [0.2, 0.25) is 5.02 Å². The van der Waals surface area contributed by atoms with Crippen LogP contribution in [0.1, 0.15) is 28.2 Å². The molecule has 0 radical (unpaired) electrons. The van der Waals surface area contributed by atoms with Gasteiger partial charge in [-0.1, -0.05) is 17.7 Å². The number of aryl methyl sites for hydroxylation is 2. The topological polar surface area (TPSA) is 56.2 Å². The van der Waals surface area contributed by atoms with Gasteiger partial charge in [0.1, 0.15) is 5.75 Å². The Hall–Kier alpha value is -2.22. The third-order valence-corrected chi connectivity index (χ3v) is 4.17. The molecule has 2 rings (SSSR count). The van der Waals surface area contributed by atoms with Gasteiger partial charge in [-0.25, -0.2) is 0 Å². The first kappa shape index (κ1) is 20.1. The molecule has 0 aliphatic rings. The van der Waals surface area contributed by atoms with Gasteiger partial charge in [0, 0.05) is 18.7 Å². The van der Waals surface area contributed by atoms with Crippen LogP contribution in [0.4, 0.5) is 13.2 Å². The van der Waals surface area contributed by atoms with Crippen LogP contribution in [0.15, 0.2) is 24.3 Å². The van der Waals surface area contributed by atoms with E-state index in [0.29, 0.717) is 24.5 Å². The van der Waals surface area contributed by atoms with Crippen LogP contribution in [-0.2, 0) is 6.54 Å². The van der Waals surface area contributed by atoms with Crippen LogP contribution in [0.5, 0.6) is 5.75 Å². The molecule has 1 N–H and O–H groups in total. The summed E-state index contributed by atoms with van der Waals surface area (Å²) in [6.07, 6.45) is -3.79. The minimum absolute atomic E-state index is 0.00717. The zero-order valence-corrected chi connectivity index (χ0v) is 15.1. The van der Waals surface area contributed by atoms with Gasteiger partial charge in [-0.2, -0.15) is 18.3 Å². The van der Waals surface area contributed by atoms with Crippen molar-refractivity contribution < 1.29 is 22.7 Å². The Morgan fingerprint density at radius 2 is 2.08 bits per heavy atom. The summed E-state index contributed by atoms with van der Waals surface area (Å²) in [7, 11) is 0. The normalized spacial score (nSPS) is 11.5. The average Bonchev–Trinajstić information content (AvgIpc) is 2.83. The number of carbonyl (C=O) groups is 1. The van der Waals surface area contributed by atoms with Gasteiger partial charge in [-0.3, -0.25) is 9.48 Å². The summed E-state index contributed by atoms with van der Waals surface area (Å²) in [5, 5.41) is 7.65. The molecule has 0 bridgehead atoms. The first-order valence-corrected chi connectivity index (χ1v) is 8.32. The van der Waals surface area contributed by atoms with Gasteiger partial charge in [0.2, 0.25) is 0 Å². The molecule has 1 heterocycles. The zero-order valence-electron chi connectivity index (χ0n) is 14.4. The van der Waals surface area contributed by atoms with E-state index in [4.69, 9.17) is 11.6 Å². The van der Waals surface area contributed by atoms with Gasteiger partial charge in [-0.05, 0) is 38.5 Å². The Morgan fingerprint density at radius 1 is 1.35 bits per heavy atom. The number of hydrogen-bond donors (Lipinski definition) is 1. The summed E-state index contributed by atoms with van der Waals surface area (Å²) in [4.78, 5) is 12.1. The van der Waals surface area contributed by atoms with Crippen molar-refractivity contribution in [3.05, 3.63) is 46.2 Å². The highest BCUT2D eigenvalue weighted by Crippen LogP contribution is 2.20. The van der Waals surface area contributed by atoms with Crippen molar-refractivity contribution in [3.8, 4) is 5.75 Å². The summed E-state index contributed by atoms with van der Waals surface area (Å²) in [6.45, 7) is 3.27. The van der Waals surface area contributed by atoms with Gasteiger partial charge in [0.25, 0.3) is 5.91 Å². The Bertz CT molecular complexity index is 775. The molecule has 0 spiro atoms. The fraction of sp³-hybridized carbons (Fsp3) is 0.412. The number of amides is 1. The quantitative estimate of drug-likeness (QED) is 0.730. The number of ether oxygens (including phenoxy) is 1. The van der Waals surface area contributed by atoms with Crippen LogP contribution >= 0.6 is 11.6 Å². The van der Waals surface area contributed by atoms with Crippen molar-refractivity contribution >= 4 is 17.5 Å². The summed E-state index contributed by atoms with van der Waals surface area (Å²) in [5.41, 5.74) is 1.85. The zero-order chi connectivity index (χ0) is 19.3. The van der Waals surface area contributed by atoms with Crippen molar-refractivity contribution in [2.75, 3.05) is 13.2 Å². The van der Waals surface area contributed by atoms with Crippen molar-refractivity contribution in [2.24, 2.45) is 0 Å². The number of hydrogen-bond acceptors (Lipinski definition) is 3. The molecule has 0 atom stereocenters. The van der Waals surface area contributed by atoms with Crippen LogP contribution < -0.4 is 10.1 Å². The van der Waals surface area contributed by atoms with E-state index in [-0.39, 0.29) is 17.2 Å². The van der Waals surface area contributed by atoms with Crippen molar-refractivity contribution in [2.45, 2.75) is 33.0 Å². The third-order valence-electron chi connectivity index (χ3n) is 3.62. The first-order valence-electron chi connectivity index (χ1n) is 7.94. The number of alkyl halides is 3. The van der Waals surface area contributed by atoms with Crippen molar-refractivity contribution in [1.82, 2.24) is 15.1 Å². The number of benzene rings is 1. The van der Waals surface area contributed by atoms with Gasteiger partial charge in [-0.15, -0.1) is 0 Å². The Balaban J connectivity index is 1.83. The first-order chi connectivity index (χ1) is 12.2. The molecule has 142 valence electrons. The van der Waals surface area contributed by atoms with E-state index in [1.165, 1.54) is 24.3 Å². The van der Waals surface area contributed by atoms with Crippen LogP contribution in [-0.4, -0.2) is 35.0 Å². The summed E-state index contributed by atoms with van der Waals surface area (Å²) in [6, 6.07) is 5.63. The maximum absolute atomic E-state index is 12.2. The third kappa shape index (κ3) is 5.66. The molecule has 0 aliphatic carbocycles. The number of nitrogens with one attached hydrogen (secondary N) is 1. The number of rotatable bonds is 7. The van der Waals surface area contributed by atoms with Crippen LogP contribution in [0, 0.1) is 13.8 Å². The lowest BCUT2D eigenvalue weighted by atomic mass is 10.2.